The van der Waals surface area contributed by atoms with Crippen molar-refractivity contribution in [3.05, 3.63) is 98.4 Å². The molecule has 2 heterocycles. The molecule has 2 aliphatic heterocycles. The highest BCUT2D eigenvalue weighted by Gasteiger charge is 2.41. The summed E-state index contributed by atoms with van der Waals surface area (Å²) in [5.74, 6) is 0.921. The van der Waals surface area contributed by atoms with E-state index < -0.39 is 0 Å². The van der Waals surface area contributed by atoms with Crippen LogP contribution in [-0.4, -0.2) is 10.7 Å². The number of rotatable bonds is 2. The fraction of sp³-hybridized carbons (Fsp3) is 0.136. The number of benzene rings is 3. The SMILES string of the molecule is Brc1ccc2c(c1)[C@@H]1CC(c3ccccc3)=NN1[C@@H](c1ccccc1Br)O2. The van der Waals surface area contributed by atoms with Crippen molar-refractivity contribution in [3.8, 4) is 5.75 Å². The van der Waals surface area contributed by atoms with Gasteiger partial charge in [0.2, 0.25) is 6.23 Å². The molecule has 0 unspecified atom stereocenters. The molecule has 3 aromatic rings. The fourth-order valence-electron chi connectivity index (χ4n) is 3.74. The Balaban J connectivity index is 1.64. The van der Waals surface area contributed by atoms with Crippen LogP contribution >= 0.6 is 31.9 Å². The summed E-state index contributed by atoms with van der Waals surface area (Å²) < 4.78 is 8.50. The smallest absolute Gasteiger partial charge is 0.214 e. The van der Waals surface area contributed by atoms with Crippen molar-refractivity contribution in [2.75, 3.05) is 0 Å². The molecule has 5 heteroatoms. The van der Waals surface area contributed by atoms with E-state index in [1.54, 1.807) is 0 Å². The highest BCUT2D eigenvalue weighted by atomic mass is 79.9. The van der Waals surface area contributed by atoms with Gasteiger partial charge in [-0.25, -0.2) is 5.01 Å². The summed E-state index contributed by atoms with van der Waals surface area (Å²) in [6.45, 7) is 0. The van der Waals surface area contributed by atoms with Gasteiger partial charge in [0, 0.05) is 26.5 Å². The zero-order valence-corrected chi connectivity index (χ0v) is 17.5. The molecule has 0 spiro atoms. The van der Waals surface area contributed by atoms with E-state index in [0.717, 1.165) is 38.0 Å². The molecule has 0 saturated carbocycles. The van der Waals surface area contributed by atoms with Gasteiger partial charge in [0.15, 0.2) is 0 Å². The van der Waals surface area contributed by atoms with Crippen molar-refractivity contribution in [2.45, 2.75) is 18.7 Å². The van der Waals surface area contributed by atoms with E-state index in [9.17, 15) is 0 Å². The van der Waals surface area contributed by atoms with Crippen molar-refractivity contribution in [1.82, 2.24) is 5.01 Å². The summed E-state index contributed by atoms with van der Waals surface area (Å²) in [6.07, 6.45) is 0.595. The lowest BCUT2D eigenvalue weighted by atomic mass is 9.96. The molecule has 134 valence electrons. The Morgan fingerprint density at radius 2 is 1.67 bits per heavy atom. The summed E-state index contributed by atoms with van der Waals surface area (Å²) in [7, 11) is 0. The third-order valence-electron chi connectivity index (χ3n) is 5.03. The Kier molecular flexibility index (Phi) is 4.29. The molecular weight excluding hydrogens is 468 g/mol. The first-order valence-corrected chi connectivity index (χ1v) is 10.4. The van der Waals surface area contributed by atoms with Crippen LogP contribution < -0.4 is 4.74 Å². The van der Waals surface area contributed by atoms with E-state index >= 15 is 0 Å². The van der Waals surface area contributed by atoms with Crippen molar-refractivity contribution in [2.24, 2.45) is 5.10 Å². The minimum Gasteiger partial charge on any atom is -0.464 e. The predicted octanol–water partition coefficient (Wildman–Crippen LogP) is 6.45. The number of ether oxygens (including phenoxy) is 1. The average molecular weight is 484 g/mol. The number of hydrazone groups is 1. The number of halogens is 2. The number of hydrogen-bond acceptors (Lipinski definition) is 3. The number of fused-ring (bicyclic) bond motifs is 3. The van der Waals surface area contributed by atoms with E-state index in [2.05, 4.69) is 73.3 Å². The Morgan fingerprint density at radius 3 is 2.48 bits per heavy atom. The second kappa shape index (κ2) is 6.80. The standard InChI is InChI=1S/C22H16Br2N2O/c23-15-10-11-21-17(12-15)20-13-19(14-6-2-1-3-7-14)25-26(20)22(27-21)16-8-4-5-9-18(16)24/h1-12,20,22H,13H2/t20-,22+/m0/s1. The van der Waals surface area contributed by atoms with Gasteiger partial charge in [0.05, 0.1) is 11.8 Å². The molecule has 0 fully saturated rings. The maximum atomic E-state index is 6.42. The Morgan fingerprint density at radius 1 is 0.889 bits per heavy atom. The van der Waals surface area contributed by atoms with Crippen LogP contribution in [0.15, 0.2) is 86.8 Å². The van der Waals surface area contributed by atoms with Gasteiger partial charge in [-0.3, -0.25) is 0 Å². The molecule has 0 N–H and O–H groups in total. The summed E-state index contributed by atoms with van der Waals surface area (Å²) in [6, 6.07) is 24.9. The second-order valence-corrected chi connectivity index (χ2v) is 8.46. The van der Waals surface area contributed by atoms with Gasteiger partial charge in [0.25, 0.3) is 0 Å². The molecule has 3 aromatic carbocycles. The largest absolute Gasteiger partial charge is 0.464 e. The summed E-state index contributed by atoms with van der Waals surface area (Å²) in [4.78, 5) is 0. The number of hydrogen-bond donors (Lipinski definition) is 0. The van der Waals surface area contributed by atoms with Crippen molar-refractivity contribution in [1.29, 1.82) is 0 Å². The normalized spacial score (nSPS) is 20.5. The molecule has 3 nitrogen and oxygen atoms in total. The van der Waals surface area contributed by atoms with Crippen LogP contribution in [0.3, 0.4) is 0 Å². The zero-order valence-electron chi connectivity index (χ0n) is 14.3. The molecule has 0 amide bonds. The van der Waals surface area contributed by atoms with E-state index in [1.807, 2.05) is 36.4 Å². The number of nitrogens with zero attached hydrogens (tertiary/aromatic N) is 2. The van der Waals surface area contributed by atoms with Gasteiger partial charge in [-0.15, -0.1) is 0 Å². The first-order valence-electron chi connectivity index (χ1n) is 8.82. The van der Waals surface area contributed by atoms with Crippen LogP contribution in [0.25, 0.3) is 0 Å². The molecule has 0 aliphatic carbocycles. The Bertz CT molecular complexity index is 1040. The molecule has 0 radical (unpaired) electrons. The predicted molar refractivity (Wildman–Crippen MR) is 114 cm³/mol. The molecule has 0 aromatic heterocycles. The topological polar surface area (TPSA) is 24.8 Å². The van der Waals surface area contributed by atoms with Crippen LogP contribution in [-0.2, 0) is 0 Å². The lowest BCUT2D eigenvalue weighted by Crippen LogP contribution is -2.33. The molecule has 27 heavy (non-hydrogen) atoms. The van der Waals surface area contributed by atoms with E-state index in [1.165, 1.54) is 5.56 Å². The highest BCUT2D eigenvalue weighted by molar-refractivity contribution is 9.10. The van der Waals surface area contributed by atoms with Gasteiger partial charge in [-0.05, 0) is 29.8 Å². The quantitative estimate of drug-likeness (QED) is 0.418. The van der Waals surface area contributed by atoms with Crippen LogP contribution in [0.5, 0.6) is 5.75 Å². The van der Waals surface area contributed by atoms with Gasteiger partial charge < -0.3 is 4.74 Å². The Labute approximate surface area is 174 Å². The molecule has 0 bridgehead atoms. The van der Waals surface area contributed by atoms with Crippen LogP contribution in [0.2, 0.25) is 0 Å². The minimum absolute atomic E-state index is 0.151. The van der Waals surface area contributed by atoms with Gasteiger partial charge in [0.1, 0.15) is 5.75 Å². The third kappa shape index (κ3) is 2.99. The first kappa shape index (κ1) is 17.0. The molecule has 2 atom stereocenters. The Hall–Kier alpha value is -2.11. The molecular formula is C22H16Br2N2O. The summed E-state index contributed by atoms with van der Waals surface area (Å²) in [5.41, 5.74) is 4.50. The van der Waals surface area contributed by atoms with E-state index in [0.29, 0.717) is 0 Å². The van der Waals surface area contributed by atoms with E-state index in [-0.39, 0.29) is 12.3 Å². The maximum Gasteiger partial charge on any atom is 0.214 e. The zero-order chi connectivity index (χ0) is 18.4. The van der Waals surface area contributed by atoms with Crippen molar-refractivity contribution >= 4 is 37.6 Å². The maximum absolute atomic E-state index is 6.42. The monoisotopic (exact) mass is 482 g/mol. The lowest BCUT2D eigenvalue weighted by molar-refractivity contribution is -0.0195. The highest BCUT2D eigenvalue weighted by Crippen LogP contribution is 2.49. The summed E-state index contributed by atoms with van der Waals surface area (Å²) in [5, 5.41) is 7.10. The van der Waals surface area contributed by atoms with E-state index in [4.69, 9.17) is 9.84 Å². The molecule has 0 saturated heterocycles. The van der Waals surface area contributed by atoms with Crippen molar-refractivity contribution in [3.63, 3.8) is 0 Å². The first-order chi connectivity index (χ1) is 13.2. The third-order valence-corrected chi connectivity index (χ3v) is 6.25. The average Bonchev–Trinajstić information content (AvgIpc) is 3.15. The minimum atomic E-state index is -0.263. The fourth-order valence-corrected chi connectivity index (χ4v) is 4.60. The van der Waals surface area contributed by atoms with Crippen molar-refractivity contribution < 1.29 is 4.74 Å². The van der Waals surface area contributed by atoms with Gasteiger partial charge in [-0.2, -0.15) is 5.10 Å². The van der Waals surface area contributed by atoms with Crippen LogP contribution in [0.4, 0.5) is 0 Å². The van der Waals surface area contributed by atoms with Gasteiger partial charge >= 0.3 is 0 Å². The molecule has 2 aliphatic rings. The van der Waals surface area contributed by atoms with Crippen LogP contribution in [0, 0.1) is 0 Å². The van der Waals surface area contributed by atoms with Crippen LogP contribution in [0.1, 0.15) is 35.4 Å². The second-order valence-electron chi connectivity index (χ2n) is 6.69. The summed E-state index contributed by atoms with van der Waals surface area (Å²) >= 11 is 7.28. The van der Waals surface area contributed by atoms with Gasteiger partial charge in [-0.1, -0.05) is 80.4 Å². The lowest BCUT2D eigenvalue weighted by Gasteiger charge is -2.38. The molecule has 5 rings (SSSR count).